The lowest BCUT2D eigenvalue weighted by Gasteiger charge is -2.24. The summed E-state index contributed by atoms with van der Waals surface area (Å²) >= 11 is 0. The SMILES string of the molecule is Nc1ccccc1OCCN1CCCCCCC1=O. The minimum absolute atomic E-state index is 0.254. The maximum atomic E-state index is 11.9. The Kier molecular flexibility index (Phi) is 5.07. The highest BCUT2D eigenvalue weighted by Crippen LogP contribution is 2.19. The third-order valence-electron chi connectivity index (χ3n) is 3.46. The number of hydrogen-bond donors (Lipinski definition) is 1. The van der Waals surface area contributed by atoms with Crippen LogP contribution in [0.4, 0.5) is 5.69 Å². The van der Waals surface area contributed by atoms with E-state index in [1.165, 1.54) is 12.8 Å². The monoisotopic (exact) mass is 262 g/mol. The van der Waals surface area contributed by atoms with Crippen molar-refractivity contribution in [1.29, 1.82) is 0 Å². The zero-order chi connectivity index (χ0) is 13.5. The van der Waals surface area contributed by atoms with Gasteiger partial charge < -0.3 is 15.4 Å². The van der Waals surface area contributed by atoms with Gasteiger partial charge in [0.05, 0.1) is 12.2 Å². The Morgan fingerprint density at radius 2 is 1.95 bits per heavy atom. The number of rotatable bonds is 4. The van der Waals surface area contributed by atoms with Crippen LogP contribution in [0.15, 0.2) is 24.3 Å². The average Bonchev–Trinajstić information content (AvgIpc) is 2.39. The van der Waals surface area contributed by atoms with Crippen LogP contribution in [-0.4, -0.2) is 30.5 Å². The lowest BCUT2D eigenvalue weighted by atomic mass is 10.1. The number of amides is 1. The Morgan fingerprint density at radius 3 is 2.79 bits per heavy atom. The van der Waals surface area contributed by atoms with E-state index in [0.29, 0.717) is 31.0 Å². The van der Waals surface area contributed by atoms with Crippen LogP contribution in [0, 0.1) is 0 Å². The second kappa shape index (κ2) is 7.02. The first-order chi connectivity index (χ1) is 9.27. The molecule has 104 valence electrons. The van der Waals surface area contributed by atoms with Gasteiger partial charge in [0, 0.05) is 13.0 Å². The highest BCUT2D eigenvalue weighted by molar-refractivity contribution is 5.76. The maximum absolute atomic E-state index is 11.9. The number of hydrogen-bond acceptors (Lipinski definition) is 3. The van der Waals surface area contributed by atoms with Crippen LogP contribution in [0.5, 0.6) is 5.75 Å². The largest absolute Gasteiger partial charge is 0.490 e. The summed E-state index contributed by atoms with van der Waals surface area (Å²) in [5.41, 5.74) is 6.45. The van der Waals surface area contributed by atoms with Gasteiger partial charge in [-0.05, 0) is 25.0 Å². The van der Waals surface area contributed by atoms with Crippen molar-refractivity contribution in [3.63, 3.8) is 0 Å². The topological polar surface area (TPSA) is 55.6 Å². The third kappa shape index (κ3) is 4.16. The number of carbonyl (C=O) groups excluding carboxylic acids is 1. The predicted octanol–water partition coefficient (Wildman–Crippen LogP) is 2.44. The molecule has 2 N–H and O–H groups in total. The van der Waals surface area contributed by atoms with Gasteiger partial charge in [-0.2, -0.15) is 0 Å². The summed E-state index contributed by atoms with van der Waals surface area (Å²) in [5.74, 6) is 0.950. The molecule has 0 atom stereocenters. The Balaban J connectivity index is 1.80. The number of carbonyl (C=O) groups is 1. The molecule has 4 heteroatoms. The molecule has 1 aliphatic heterocycles. The van der Waals surface area contributed by atoms with Gasteiger partial charge in [-0.25, -0.2) is 0 Å². The zero-order valence-corrected chi connectivity index (χ0v) is 11.3. The number of benzene rings is 1. The van der Waals surface area contributed by atoms with E-state index in [-0.39, 0.29) is 5.91 Å². The molecule has 0 unspecified atom stereocenters. The van der Waals surface area contributed by atoms with Crippen LogP contribution in [0.1, 0.15) is 32.1 Å². The summed E-state index contributed by atoms with van der Waals surface area (Å²) in [6, 6.07) is 7.44. The summed E-state index contributed by atoms with van der Waals surface area (Å²) in [7, 11) is 0. The van der Waals surface area contributed by atoms with E-state index in [0.717, 1.165) is 19.4 Å². The highest BCUT2D eigenvalue weighted by atomic mass is 16.5. The second-order valence-electron chi connectivity index (χ2n) is 4.93. The summed E-state index contributed by atoms with van der Waals surface area (Å²) in [6.45, 7) is 2.00. The maximum Gasteiger partial charge on any atom is 0.222 e. The van der Waals surface area contributed by atoms with E-state index in [1.54, 1.807) is 0 Å². The molecule has 1 saturated heterocycles. The van der Waals surface area contributed by atoms with Crippen molar-refractivity contribution >= 4 is 11.6 Å². The molecule has 0 radical (unpaired) electrons. The molecule has 2 rings (SSSR count). The van der Waals surface area contributed by atoms with Crippen LogP contribution >= 0.6 is 0 Å². The van der Waals surface area contributed by atoms with E-state index >= 15 is 0 Å². The van der Waals surface area contributed by atoms with Crippen molar-refractivity contribution in [2.75, 3.05) is 25.4 Å². The van der Waals surface area contributed by atoms with Crippen LogP contribution < -0.4 is 10.5 Å². The molecule has 0 saturated carbocycles. The van der Waals surface area contributed by atoms with Gasteiger partial charge in [0.2, 0.25) is 5.91 Å². The number of likely N-dealkylation sites (tertiary alicyclic amines) is 1. The lowest BCUT2D eigenvalue weighted by molar-refractivity contribution is -0.132. The number of ether oxygens (including phenoxy) is 1. The van der Waals surface area contributed by atoms with Gasteiger partial charge in [-0.15, -0.1) is 0 Å². The molecule has 19 heavy (non-hydrogen) atoms. The molecular formula is C15H22N2O2. The van der Waals surface area contributed by atoms with Crippen LogP contribution in [0.25, 0.3) is 0 Å². The summed E-state index contributed by atoms with van der Waals surface area (Å²) in [6.07, 6.45) is 5.18. The number of para-hydroxylation sites is 2. The number of nitrogens with zero attached hydrogens (tertiary/aromatic N) is 1. The Morgan fingerprint density at radius 1 is 1.16 bits per heavy atom. The standard InChI is InChI=1S/C15H22N2O2/c16-13-7-4-5-8-14(13)19-12-11-17-10-6-2-1-3-9-15(17)18/h4-5,7-8H,1-3,6,9-12,16H2. The predicted molar refractivity (Wildman–Crippen MR) is 76.0 cm³/mol. The van der Waals surface area contributed by atoms with Gasteiger partial charge >= 0.3 is 0 Å². The van der Waals surface area contributed by atoms with E-state index in [4.69, 9.17) is 10.5 Å². The molecule has 1 fully saturated rings. The smallest absolute Gasteiger partial charge is 0.222 e. The van der Waals surface area contributed by atoms with Crippen molar-refractivity contribution in [3.8, 4) is 5.75 Å². The van der Waals surface area contributed by atoms with E-state index in [9.17, 15) is 4.79 Å². The van der Waals surface area contributed by atoms with Crippen LogP contribution in [-0.2, 0) is 4.79 Å². The normalized spacial score (nSPS) is 16.8. The Labute approximate surface area is 114 Å². The fourth-order valence-corrected chi connectivity index (χ4v) is 2.33. The minimum atomic E-state index is 0.254. The fourth-order valence-electron chi connectivity index (χ4n) is 2.33. The number of nitrogens with two attached hydrogens (primary N) is 1. The zero-order valence-electron chi connectivity index (χ0n) is 11.3. The van der Waals surface area contributed by atoms with Crippen LogP contribution in [0.2, 0.25) is 0 Å². The van der Waals surface area contributed by atoms with Gasteiger partial charge in [0.15, 0.2) is 0 Å². The molecule has 1 aliphatic rings. The third-order valence-corrected chi connectivity index (χ3v) is 3.46. The molecule has 1 heterocycles. The summed E-state index contributed by atoms with van der Waals surface area (Å²) in [5, 5.41) is 0. The van der Waals surface area contributed by atoms with E-state index in [2.05, 4.69) is 0 Å². The van der Waals surface area contributed by atoms with E-state index in [1.807, 2.05) is 29.2 Å². The fraction of sp³-hybridized carbons (Fsp3) is 0.533. The molecule has 1 amide bonds. The first-order valence-electron chi connectivity index (χ1n) is 7.02. The van der Waals surface area contributed by atoms with Gasteiger partial charge in [-0.1, -0.05) is 25.0 Å². The second-order valence-corrected chi connectivity index (χ2v) is 4.93. The molecule has 1 aromatic rings. The lowest BCUT2D eigenvalue weighted by Crippen LogP contribution is -2.36. The first kappa shape index (κ1) is 13.7. The highest BCUT2D eigenvalue weighted by Gasteiger charge is 2.15. The van der Waals surface area contributed by atoms with Crippen molar-refractivity contribution < 1.29 is 9.53 Å². The Hall–Kier alpha value is -1.71. The van der Waals surface area contributed by atoms with Gasteiger partial charge in [0.25, 0.3) is 0 Å². The summed E-state index contributed by atoms with van der Waals surface area (Å²) < 4.78 is 5.64. The average molecular weight is 262 g/mol. The molecular weight excluding hydrogens is 240 g/mol. The van der Waals surface area contributed by atoms with Crippen molar-refractivity contribution in [2.24, 2.45) is 0 Å². The number of nitrogen functional groups attached to an aromatic ring is 1. The molecule has 1 aromatic carbocycles. The molecule has 0 spiro atoms. The van der Waals surface area contributed by atoms with Crippen LogP contribution in [0.3, 0.4) is 0 Å². The molecule has 0 aliphatic carbocycles. The van der Waals surface area contributed by atoms with E-state index < -0.39 is 0 Å². The molecule has 4 nitrogen and oxygen atoms in total. The molecule has 0 bridgehead atoms. The number of anilines is 1. The molecule has 0 aromatic heterocycles. The first-order valence-corrected chi connectivity index (χ1v) is 7.02. The van der Waals surface area contributed by atoms with Gasteiger partial charge in [-0.3, -0.25) is 4.79 Å². The Bertz CT molecular complexity index is 420. The minimum Gasteiger partial charge on any atom is -0.490 e. The quantitative estimate of drug-likeness (QED) is 0.848. The van der Waals surface area contributed by atoms with Crippen molar-refractivity contribution in [2.45, 2.75) is 32.1 Å². The van der Waals surface area contributed by atoms with Crippen molar-refractivity contribution in [3.05, 3.63) is 24.3 Å². The van der Waals surface area contributed by atoms with Crippen molar-refractivity contribution in [1.82, 2.24) is 4.90 Å². The summed E-state index contributed by atoms with van der Waals surface area (Å²) in [4.78, 5) is 13.8. The van der Waals surface area contributed by atoms with Gasteiger partial charge in [0.1, 0.15) is 12.4 Å².